The van der Waals surface area contributed by atoms with E-state index in [1.807, 2.05) is 25.1 Å². The lowest BCUT2D eigenvalue weighted by molar-refractivity contribution is -0.120. The molecule has 1 amide bonds. The number of hydrogen-bond donors (Lipinski definition) is 2. The normalized spacial score (nSPS) is 12.0. The van der Waals surface area contributed by atoms with Crippen LogP contribution in [0.3, 0.4) is 0 Å². The van der Waals surface area contributed by atoms with Crippen molar-refractivity contribution >= 4 is 40.7 Å². The highest BCUT2D eigenvalue weighted by Gasteiger charge is 2.11. The highest BCUT2D eigenvalue weighted by molar-refractivity contribution is 6.35. The van der Waals surface area contributed by atoms with Crippen LogP contribution in [0.1, 0.15) is 24.1 Å². The first-order valence-electron chi connectivity index (χ1n) is 7.15. The van der Waals surface area contributed by atoms with Crippen LogP contribution in [-0.4, -0.2) is 12.5 Å². The highest BCUT2D eigenvalue weighted by Crippen LogP contribution is 2.25. The van der Waals surface area contributed by atoms with Crippen molar-refractivity contribution in [1.82, 2.24) is 10.6 Å². The molecule has 0 unspecified atom stereocenters. The van der Waals surface area contributed by atoms with Crippen molar-refractivity contribution in [2.45, 2.75) is 19.5 Å². The third-order valence-electron chi connectivity index (χ3n) is 3.40. The molecule has 6 heteroatoms. The predicted octanol–water partition coefficient (Wildman–Crippen LogP) is 4.61. The molecule has 1 atom stereocenters. The quantitative estimate of drug-likeness (QED) is 0.778. The van der Waals surface area contributed by atoms with Gasteiger partial charge in [-0.15, -0.1) is 0 Å². The minimum absolute atomic E-state index is 0.0546. The fourth-order valence-corrected chi connectivity index (χ4v) is 2.77. The third kappa shape index (κ3) is 5.70. The van der Waals surface area contributed by atoms with Crippen molar-refractivity contribution in [3.8, 4) is 0 Å². The summed E-state index contributed by atoms with van der Waals surface area (Å²) in [7, 11) is 0. The summed E-state index contributed by atoms with van der Waals surface area (Å²) in [4.78, 5) is 11.9. The topological polar surface area (TPSA) is 41.1 Å². The summed E-state index contributed by atoms with van der Waals surface area (Å²) >= 11 is 17.9. The molecule has 0 radical (unpaired) electrons. The van der Waals surface area contributed by atoms with E-state index in [0.29, 0.717) is 21.6 Å². The summed E-state index contributed by atoms with van der Waals surface area (Å²) in [6.45, 7) is 2.61. The second-order valence-corrected chi connectivity index (χ2v) is 6.45. The zero-order valence-electron chi connectivity index (χ0n) is 12.6. The molecule has 2 N–H and O–H groups in total. The van der Waals surface area contributed by atoms with E-state index < -0.39 is 0 Å². The first kappa shape index (κ1) is 18.1. The van der Waals surface area contributed by atoms with Gasteiger partial charge in [0, 0.05) is 27.7 Å². The van der Waals surface area contributed by atoms with Gasteiger partial charge in [0.25, 0.3) is 0 Å². The SMILES string of the molecule is C[C@H](NCC(=O)NCc1ccc(Cl)cc1)c1ccc(Cl)cc1Cl. The van der Waals surface area contributed by atoms with E-state index in [0.717, 1.165) is 11.1 Å². The van der Waals surface area contributed by atoms with E-state index in [1.165, 1.54) is 0 Å². The van der Waals surface area contributed by atoms with Gasteiger partial charge < -0.3 is 10.6 Å². The zero-order chi connectivity index (χ0) is 16.8. The van der Waals surface area contributed by atoms with Gasteiger partial charge >= 0.3 is 0 Å². The number of halogens is 3. The maximum absolute atomic E-state index is 11.9. The van der Waals surface area contributed by atoms with Crippen molar-refractivity contribution in [1.29, 1.82) is 0 Å². The molecule has 2 aromatic rings. The van der Waals surface area contributed by atoms with Gasteiger partial charge in [-0.3, -0.25) is 4.79 Å². The molecule has 23 heavy (non-hydrogen) atoms. The van der Waals surface area contributed by atoms with Crippen molar-refractivity contribution in [3.05, 3.63) is 68.7 Å². The predicted molar refractivity (Wildman–Crippen MR) is 96.2 cm³/mol. The van der Waals surface area contributed by atoms with Gasteiger partial charge in [-0.1, -0.05) is 53.0 Å². The summed E-state index contributed by atoms with van der Waals surface area (Å²) in [6.07, 6.45) is 0. The Kier molecular flexibility index (Phi) is 6.72. The molecular formula is C17H17Cl3N2O. The van der Waals surface area contributed by atoms with Gasteiger partial charge in [0.05, 0.1) is 6.54 Å². The maximum atomic E-state index is 11.9. The summed E-state index contributed by atoms with van der Waals surface area (Å²) in [6, 6.07) is 12.6. The van der Waals surface area contributed by atoms with Crippen LogP contribution in [0, 0.1) is 0 Å². The van der Waals surface area contributed by atoms with Gasteiger partial charge in [0.15, 0.2) is 0 Å². The molecule has 0 aliphatic heterocycles. The third-order valence-corrected chi connectivity index (χ3v) is 4.22. The Hall–Kier alpha value is -1.26. The first-order chi connectivity index (χ1) is 11.0. The summed E-state index contributed by atoms with van der Waals surface area (Å²) in [5.74, 6) is -0.0862. The van der Waals surface area contributed by atoms with E-state index in [-0.39, 0.29) is 18.5 Å². The minimum atomic E-state index is -0.0862. The largest absolute Gasteiger partial charge is 0.351 e. The van der Waals surface area contributed by atoms with Crippen LogP contribution in [0.25, 0.3) is 0 Å². The van der Waals surface area contributed by atoms with Gasteiger partial charge in [0.2, 0.25) is 5.91 Å². The van der Waals surface area contributed by atoms with Gasteiger partial charge in [-0.2, -0.15) is 0 Å². The number of benzene rings is 2. The molecule has 0 bridgehead atoms. The lowest BCUT2D eigenvalue weighted by Gasteiger charge is -2.16. The molecule has 0 saturated carbocycles. The molecular weight excluding hydrogens is 355 g/mol. The molecule has 2 aromatic carbocycles. The molecule has 3 nitrogen and oxygen atoms in total. The Morgan fingerprint density at radius 3 is 2.35 bits per heavy atom. The molecule has 122 valence electrons. The number of amides is 1. The Bertz CT molecular complexity index is 674. The van der Waals surface area contributed by atoms with Crippen LogP contribution in [0.4, 0.5) is 0 Å². The molecule has 0 aromatic heterocycles. The van der Waals surface area contributed by atoms with Crippen molar-refractivity contribution < 1.29 is 4.79 Å². The van der Waals surface area contributed by atoms with Crippen LogP contribution < -0.4 is 10.6 Å². The van der Waals surface area contributed by atoms with Crippen LogP contribution >= 0.6 is 34.8 Å². The van der Waals surface area contributed by atoms with Crippen molar-refractivity contribution in [3.63, 3.8) is 0 Å². The second kappa shape index (κ2) is 8.55. The van der Waals surface area contributed by atoms with E-state index in [1.54, 1.807) is 24.3 Å². The lowest BCUT2D eigenvalue weighted by Crippen LogP contribution is -2.34. The van der Waals surface area contributed by atoms with Crippen molar-refractivity contribution in [2.24, 2.45) is 0 Å². The molecule has 0 fully saturated rings. The Balaban J connectivity index is 1.80. The summed E-state index contributed by atoms with van der Waals surface area (Å²) in [5, 5.41) is 7.84. The summed E-state index contributed by atoms with van der Waals surface area (Å²) in [5.41, 5.74) is 1.90. The van der Waals surface area contributed by atoms with Crippen LogP contribution in [0.15, 0.2) is 42.5 Å². The fraction of sp³-hybridized carbons (Fsp3) is 0.235. The van der Waals surface area contributed by atoms with E-state index in [2.05, 4.69) is 10.6 Å². The monoisotopic (exact) mass is 370 g/mol. The zero-order valence-corrected chi connectivity index (χ0v) is 14.8. The Morgan fingerprint density at radius 2 is 1.70 bits per heavy atom. The number of carbonyl (C=O) groups is 1. The van der Waals surface area contributed by atoms with Gasteiger partial charge in [-0.05, 0) is 42.3 Å². The second-order valence-electron chi connectivity index (χ2n) is 5.17. The maximum Gasteiger partial charge on any atom is 0.234 e. The van der Waals surface area contributed by atoms with E-state index in [4.69, 9.17) is 34.8 Å². The highest BCUT2D eigenvalue weighted by atomic mass is 35.5. The fourth-order valence-electron chi connectivity index (χ4n) is 2.07. The number of hydrogen-bond acceptors (Lipinski definition) is 2. The average Bonchev–Trinajstić information content (AvgIpc) is 2.52. The first-order valence-corrected chi connectivity index (χ1v) is 8.28. The minimum Gasteiger partial charge on any atom is -0.351 e. The Morgan fingerprint density at radius 1 is 1.04 bits per heavy atom. The van der Waals surface area contributed by atoms with Crippen LogP contribution in [-0.2, 0) is 11.3 Å². The number of nitrogens with one attached hydrogen (secondary N) is 2. The Labute approximate surface area is 150 Å². The van der Waals surface area contributed by atoms with E-state index >= 15 is 0 Å². The molecule has 0 saturated heterocycles. The van der Waals surface area contributed by atoms with Gasteiger partial charge in [0.1, 0.15) is 0 Å². The molecule has 0 heterocycles. The molecule has 0 aliphatic rings. The standard InChI is InChI=1S/C17H17Cl3N2O/c1-11(15-7-6-14(19)8-16(15)20)21-10-17(23)22-9-12-2-4-13(18)5-3-12/h2-8,11,21H,9-10H2,1H3,(H,22,23)/t11-/m0/s1. The summed E-state index contributed by atoms with van der Waals surface area (Å²) < 4.78 is 0. The van der Waals surface area contributed by atoms with Crippen molar-refractivity contribution in [2.75, 3.05) is 6.54 Å². The lowest BCUT2D eigenvalue weighted by atomic mass is 10.1. The average molecular weight is 372 g/mol. The van der Waals surface area contributed by atoms with Crippen LogP contribution in [0.5, 0.6) is 0 Å². The molecule has 2 rings (SSSR count). The molecule has 0 spiro atoms. The molecule has 0 aliphatic carbocycles. The number of carbonyl (C=O) groups excluding carboxylic acids is 1. The smallest absolute Gasteiger partial charge is 0.234 e. The number of rotatable bonds is 6. The van der Waals surface area contributed by atoms with Crippen LogP contribution in [0.2, 0.25) is 15.1 Å². The van der Waals surface area contributed by atoms with Gasteiger partial charge in [-0.25, -0.2) is 0 Å². The van der Waals surface area contributed by atoms with E-state index in [9.17, 15) is 4.79 Å².